The zero-order chi connectivity index (χ0) is 22.5. The molecule has 1 fully saturated rings. The second-order valence-corrected chi connectivity index (χ2v) is 8.99. The predicted octanol–water partition coefficient (Wildman–Crippen LogP) is 7.11. The Kier molecular flexibility index (Phi) is 6.84. The molecule has 0 aliphatic carbocycles. The Morgan fingerprint density at radius 3 is 2.28 bits per heavy atom. The summed E-state index contributed by atoms with van der Waals surface area (Å²) in [6.07, 6.45) is 5.12. The molecule has 0 atom stereocenters. The zero-order valence-corrected chi connectivity index (χ0v) is 19.5. The first-order chi connectivity index (χ1) is 15.5. The van der Waals surface area contributed by atoms with E-state index in [2.05, 4.69) is 91.0 Å². The summed E-state index contributed by atoms with van der Waals surface area (Å²) in [5, 5.41) is 0. The van der Waals surface area contributed by atoms with Crippen molar-refractivity contribution in [3.8, 4) is 11.1 Å². The van der Waals surface area contributed by atoms with E-state index in [0.717, 1.165) is 36.6 Å². The summed E-state index contributed by atoms with van der Waals surface area (Å²) in [4.78, 5) is 11.5. The summed E-state index contributed by atoms with van der Waals surface area (Å²) >= 11 is 0. The van der Waals surface area contributed by atoms with Gasteiger partial charge in [-0.25, -0.2) is 0 Å². The molecular weight excluding hydrogens is 390 g/mol. The normalized spacial score (nSPS) is 15.1. The number of aryl methyl sites for hydroxylation is 1. The van der Waals surface area contributed by atoms with E-state index in [1.54, 1.807) is 0 Å². The van der Waals surface area contributed by atoms with Gasteiger partial charge in [-0.15, -0.1) is 0 Å². The molecule has 164 valence electrons. The molecule has 32 heavy (non-hydrogen) atoms. The van der Waals surface area contributed by atoms with Gasteiger partial charge in [-0.1, -0.05) is 43.0 Å². The Morgan fingerprint density at radius 2 is 1.66 bits per heavy atom. The Hall–Kier alpha value is -3.20. The maximum absolute atomic E-state index is 4.86. The third kappa shape index (κ3) is 5.53. The number of likely N-dealkylation sites (tertiary alicyclic amines) is 1. The van der Waals surface area contributed by atoms with E-state index in [1.807, 2.05) is 13.1 Å². The first kappa shape index (κ1) is 22.0. The van der Waals surface area contributed by atoms with Gasteiger partial charge >= 0.3 is 0 Å². The lowest BCUT2D eigenvalue weighted by Gasteiger charge is -2.33. The summed E-state index contributed by atoms with van der Waals surface area (Å²) in [6, 6.07) is 21.8. The van der Waals surface area contributed by atoms with Gasteiger partial charge < -0.3 is 4.90 Å². The molecule has 1 aliphatic heterocycles. The van der Waals surface area contributed by atoms with Crippen molar-refractivity contribution < 1.29 is 0 Å². The van der Waals surface area contributed by atoms with Gasteiger partial charge in [0.25, 0.3) is 0 Å². The number of hydrogen-bond acceptors (Lipinski definition) is 3. The van der Waals surface area contributed by atoms with Gasteiger partial charge in [-0.2, -0.15) is 0 Å². The average molecular weight is 424 g/mol. The van der Waals surface area contributed by atoms with Crippen molar-refractivity contribution in [3.63, 3.8) is 0 Å². The van der Waals surface area contributed by atoms with Crippen molar-refractivity contribution in [1.82, 2.24) is 9.88 Å². The standard InChI is InChI=1S/C29H33N3/c1-21(2)32-17-14-27(15-18-32)25-9-11-29(12-10-25)31-23(4)19-24-5-7-26(8-6-24)28-13-16-30-22(3)20-28/h5-13,16,20,27H,1,14-15,17-19H2,2-4H3. The largest absolute Gasteiger partial charge is 0.375 e. The van der Waals surface area contributed by atoms with Crippen LogP contribution in [0, 0.1) is 6.92 Å². The topological polar surface area (TPSA) is 28.5 Å². The van der Waals surface area contributed by atoms with Gasteiger partial charge in [0.15, 0.2) is 0 Å². The van der Waals surface area contributed by atoms with Crippen LogP contribution in [0.4, 0.5) is 5.69 Å². The molecule has 0 radical (unpaired) electrons. The van der Waals surface area contributed by atoms with Crippen LogP contribution in [0.25, 0.3) is 11.1 Å². The molecule has 0 spiro atoms. The predicted molar refractivity (Wildman–Crippen MR) is 136 cm³/mol. The van der Waals surface area contributed by atoms with Gasteiger partial charge in [0.2, 0.25) is 0 Å². The molecule has 1 aromatic heterocycles. The monoisotopic (exact) mass is 423 g/mol. The Labute approximate surface area is 192 Å². The zero-order valence-electron chi connectivity index (χ0n) is 19.5. The van der Waals surface area contributed by atoms with Crippen LogP contribution in [-0.2, 0) is 6.42 Å². The second kappa shape index (κ2) is 9.95. The number of pyridine rings is 1. The van der Waals surface area contributed by atoms with E-state index in [0.29, 0.717) is 5.92 Å². The van der Waals surface area contributed by atoms with E-state index in [9.17, 15) is 0 Å². The van der Waals surface area contributed by atoms with Gasteiger partial charge in [0.05, 0.1) is 5.69 Å². The molecule has 0 bridgehead atoms. The van der Waals surface area contributed by atoms with Crippen LogP contribution in [-0.4, -0.2) is 28.7 Å². The maximum atomic E-state index is 4.86. The lowest BCUT2D eigenvalue weighted by molar-refractivity contribution is 0.264. The Balaban J connectivity index is 1.36. The Bertz CT molecular complexity index is 1090. The van der Waals surface area contributed by atoms with Gasteiger partial charge in [-0.05, 0) is 86.1 Å². The van der Waals surface area contributed by atoms with E-state index >= 15 is 0 Å². The van der Waals surface area contributed by atoms with Gasteiger partial charge in [-0.3, -0.25) is 9.98 Å². The first-order valence-electron chi connectivity index (χ1n) is 11.5. The fourth-order valence-electron chi connectivity index (χ4n) is 4.51. The molecular formula is C29H33N3. The number of piperidine rings is 1. The van der Waals surface area contributed by atoms with Crippen LogP contribution < -0.4 is 0 Å². The number of hydrogen-bond donors (Lipinski definition) is 0. The second-order valence-electron chi connectivity index (χ2n) is 8.99. The molecule has 0 unspecified atom stereocenters. The highest BCUT2D eigenvalue weighted by Crippen LogP contribution is 2.30. The molecule has 0 N–H and O–H groups in total. The fourth-order valence-corrected chi connectivity index (χ4v) is 4.51. The molecule has 2 aromatic carbocycles. The minimum absolute atomic E-state index is 0.646. The third-order valence-electron chi connectivity index (χ3n) is 6.36. The number of aliphatic imine (C=N–C) groups is 1. The van der Waals surface area contributed by atoms with Crippen LogP contribution >= 0.6 is 0 Å². The van der Waals surface area contributed by atoms with Crippen molar-refractivity contribution in [2.24, 2.45) is 4.99 Å². The number of benzene rings is 2. The van der Waals surface area contributed by atoms with Crippen LogP contribution in [0.1, 0.15) is 49.4 Å². The maximum Gasteiger partial charge on any atom is 0.0629 e. The SMILES string of the molecule is C=C(C)N1CCC(c2ccc(N=C(C)Cc3ccc(-c4ccnc(C)c4)cc3)cc2)CC1. The molecule has 1 aliphatic rings. The number of allylic oxidation sites excluding steroid dienone is 1. The lowest BCUT2D eigenvalue weighted by atomic mass is 9.89. The van der Waals surface area contributed by atoms with Gasteiger partial charge in [0.1, 0.15) is 0 Å². The quantitative estimate of drug-likeness (QED) is 0.395. The first-order valence-corrected chi connectivity index (χ1v) is 11.5. The molecule has 1 saturated heterocycles. The minimum Gasteiger partial charge on any atom is -0.375 e. The summed E-state index contributed by atoms with van der Waals surface area (Å²) in [5.74, 6) is 0.646. The number of aromatic nitrogens is 1. The van der Waals surface area contributed by atoms with E-state index in [1.165, 1.54) is 40.8 Å². The van der Waals surface area contributed by atoms with Crippen molar-refractivity contribution in [2.45, 2.75) is 46.0 Å². The van der Waals surface area contributed by atoms with E-state index in [4.69, 9.17) is 4.99 Å². The molecule has 0 amide bonds. The number of nitrogens with zero attached hydrogens (tertiary/aromatic N) is 3. The van der Waals surface area contributed by atoms with Crippen molar-refractivity contribution >= 4 is 11.4 Å². The highest BCUT2D eigenvalue weighted by molar-refractivity contribution is 5.86. The van der Waals surface area contributed by atoms with E-state index < -0.39 is 0 Å². The summed E-state index contributed by atoms with van der Waals surface area (Å²) in [6.45, 7) is 12.5. The molecule has 2 heterocycles. The van der Waals surface area contributed by atoms with E-state index in [-0.39, 0.29) is 0 Å². The smallest absolute Gasteiger partial charge is 0.0629 e. The van der Waals surface area contributed by atoms with Crippen LogP contribution in [0.5, 0.6) is 0 Å². The summed E-state index contributed by atoms with van der Waals surface area (Å²) < 4.78 is 0. The molecule has 3 nitrogen and oxygen atoms in total. The lowest BCUT2D eigenvalue weighted by Crippen LogP contribution is -2.31. The highest BCUT2D eigenvalue weighted by atomic mass is 15.1. The minimum atomic E-state index is 0.646. The molecule has 3 heteroatoms. The molecule has 4 rings (SSSR count). The van der Waals surface area contributed by atoms with Crippen LogP contribution in [0.15, 0.2) is 84.1 Å². The van der Waals surface area contributed by atoms with Crippen LogP contribution in [0.3, 0.4) is 0 Å². The van der Waals surface area contributed by atoms with Crippen LogP contribution in [0.2, 0.25) is 0 Å². The summed E-state index contributed by atoms with van der Waals surface area (Å²) in [5.41, 5.74) is 9.53. The highest BCUT2D eigenvalue weighted by Gasteiger charge is 2.20. The fraction of sp³-hybridized carbons (Fsp3) is 0.310. The van der Waals surface area contributed by atoms with Crippen molar-refractivity contribution in [2.75, 3.05) is 13.1 Å². The third-order valence-corrected chi connectivity index (χ3v) is 6.36. The van der Waals surface area contributed by atoms with Crippen molar-refractivity contribution in [3.05, 3.63) is 96.0 Å². The summed E-state index contributed by atoms with van der Waals surface area (Å²) in [7, 11) is 0. The van der Waals surface area contributed by atoms with Gasteiger partial charge in [0, 0.05) is 42.8 Å². The molecule has 0 saturated carbocycles. The van der Waals surface area contributed by atoms with Crippen molar-refractivity contribution in [1.29, 1.82) is 0 Å². The molecule has 3 aromatic rings. The average Bonchev–Trinajstić information content (AvgIpc) is 2.80. The Morgan fingerprint density at radius 1 is 0.969 bits per heavy atom. The number of rotatable bonds is 6.